The Morgan fingerprint density at radius 1 is 1.12 bits per heavy atom. The van der Waals surface area contributed by atoms with Gasteiger partial charge >= 0.3 is 0 Å². The van der Waals surface area contributed by atoms with Gasteiger partial charge in [-0.05, 0) is 36.6 Å². The summed E-state index contributed by atoms with van der Waals surface area (Å²) in [5.41, 5.74) is 1.34. The molecule has 0 spiro atoms. The predicted molar refractivity (Wildman–Crippen MR) is 87.5 cm³/mol. The van der Waals surface area contributed by atoms with Crippen molar-refractivity contribution in [1.82, 2.24) is 9.88 Å². The Bertz CT molecular complexity index is 810. The van der Waals surface area contributed by atoms with Crippen molar-refractivity contribution < 1.29 is 14.3 Å². The van der Waals surface area contributed by atoms with E-state index in [1.54, 1.807) is 6.07 Å². The number of benzene rings is 1. The Labute approximate surface area is 139 Å². The van der Waals surface area contributed by atoms with Crippen molar-refractivity contribution in [2.45, 2.75) is 18.9 Å². The Kier molecular flexibility index (Phi) is 3.72. The predicted octanol–water partition coefficient (Wildman–Crippen LogP) is 2.12. The summed E-state index contributed by atoms with van der Waals surface area (Å²) in [5.74, 6) is 1.42. The minimum atomic E-state index is -0.212. The molecule has 1 N–H and O–H groups in total. The molecule has 6 heteroatoms. The lowest BCUT2D eigenvalue weighted by Crippen LogP contribution is -2.31. The number of H-pyrrole nitrogens is 1. The highest BCUT2D eigenvalue weighted by Crippen LogP contribution is 2.38. The summed E-state index contributed by atoms with van der Waals surface area (Å²) in [7, 11) is 0. The fourth-order valence-corrected chi connectivity index (χ4v) is 3.33. The fourth-order valence-electron chi connectivity index (χ4n) is 3.33. The Hall–Kier alpha value is -2.76. The third kappa shape index (κ3) is 2.64. The first-order chi connectivity index (χ1) is 11.7. The van der Waals surface area contributed by atoms with Crippen molar-refractivity contribution in [3.05, 3.63) is 58.0 Å². The maximum atomic E-state index is 12.8. The minimum Gasteiger partial charge on any atom is -0.486 e. The van der Waals surface area contributed by atoms with E-state index in [2.05, 4.69) is 4.98 Å². The van der Waals surface area contributed by atoms with Crippen LogP contribution >= 0.6 is 0 Å². The lowest BCUT2D eigenvalue weighted by Gasteiger charge is -2.26. The topological polar surface area (TPSA) is 71.6 Å². The third-order valence-electron chi connectivity index (χ3n) is 4.50. The summed E-state index contributed by atoms with van der Waals surface area (Å²) < 4.78 is 11.2. The molecule has 1 saturated heterocycles. The van der Waals surface area contributed by atoms with Crippen LogP contribution in [0.25, 0.3) is 0 Å². The summed E-state index contributed by atoms with van der Waals surface area (Å²) in [6.07, 6.45) is 3.34. The van der Waals surface area contributed by atoms with Crippen LogP contribution in [0.15, 0.2) is 41.3 Å². The van der Waals surface area contributed by atoms with Crippen molar-refractivity contribution in [2.75, 3.05) is 19.8 Å². The molecule has 0 aliphatic carbocycles. The van der Waals surface area contributed by atoms with Gasteiger partial charge in [-0.2, -0.15) is 0 Å². The van der Waals surface area contributed by atoms with Crippen LogP contribution < -0.4 is 15.0 Å². The van der Waals surface area contributed by atoms with E-state index in [0.717, 1.165) is 29.9 Å². The fraction of sp³-hybridized carbons (Fsp3) is 0.333. The van der Waals surface area contributed by atoms with Crippen LogP contribution in [0.5, 0.6) is 11.5 Å². The van der Waals surface area contributed by atoms with E-state index in [1.807, 2.05) is 23.1 Å². The zero-order chi connectivity index (χ0) is 16.5. The molecule has 1 atom stereocenters. The summed E-state index contributed by atoms with van der Waals surface area (Å²) >= 11 is 0. The monoisotopic (exact) mass is 326 g/mol. The normalized spacial score (nSPS) is 19.3. The lowest BCUT2D eigenvalue weighted by molar-refractivity contribution is 0.0734. The molecule has 3 heterocycles. The Morgan fingerprint density at radius 3 is 2.75 bits per heavy atom. The standard InChI is InChI=1S/C18H18N2O4/c21-17-6-4-13(11-19-17)18(22)20-7-1-2-14(20)12-3-5-15-16(10-12)24-9-8-23-15/h3-6,10-11,14H,1-2,7-9H2,(H,19,21)/t14-/m1/s1. The van der Waals surface area contributed by atoms with Crippen LogP contribution in [0.3, 0.4) is 0 Å². The molecule has 0 saturated carbocycles. The number of aromatic amines is 1. The highest BCUT2D eigenvalue weighted by atomic mass is 16.6. The molecule has 1 aromatic carbocycles. The van der Waals surface area contributed by atoms with E-state index < -0.39 is 0 Å². The average Bonchev–Trinajstić information content (AvgIpc) is 3.11. The van der Waals surface area contributed by atoms with Crippen LogP contribution in [0, 0.1) is 0 Å². The maximum Gasteiger partial charge on any atom is 0.255 e. The van der Waals surface area contributed by atoms with E-state index in [9.17, 15) is 9.59 Å². The summed E-state index contributed by atoms with van der Waals surface area (Å²) in [5, 5.41) is 0. The number of fused-ring (bicyclic) bond motifs is 1. The van der Waals surface area contributed by atoms with Gasteiger partial charge in [0.2, 0.25) is 5.56 Å². The van der Waals surface area contributed by atoms with Gasteiger partial charge in [-0.15, -0.1) is 0 Å². The number of rotatable bonds is 2. The molecular weight excluding hydrogens is 308 g/mol. The van der Waals surface area contributed by atoms with Gasteiger partial charge in [-0.1, -0.05) is 6.07 Å². The van der Waals surface area contributed by atoms with Crippen molar-refractivity contribution in [3.63, 3.8) is 0 Å². The molecule has 2 aliphatic heterocycles. The molecule has 2 aromatic rings. The van der Waals surface area contributed by atoms with Gasteiger partial charge < -0.3 is 19.4 Å². The van der Waals surface area contributed by atoms with Crippen LogP contribution in [0.2, 0.25) is 0 Å². The van der Waals surface area contributed by atoms with Gasteiger partial charge in [0.25, 0.3) is 5.91 Å². The summed E-state index contributed by atoms with van der Waals surface area (Å²) in [6, 6.07) is 8.84. The van der Waals surface area contributed by atoms with E-state index >= 15 is 0 Å². The first kappa shape index (κ1) is 14.8. The second kappa shape index (κ2) is 6.03. The molecule has 0 radical (unpaired) electrons. The second-order valence-corrected chi connectivity index (χ2v) is 6.00. The second-order valence-electron chi connectivity index (χ2n) is 6.00. The summed E-state index contributed by atoms with van der Waals surface area (Å²) in [6.45, 7) is 1.81. The molecular formula is C18H18N2O4. The van der Waals surface area contributed by atoms with Gasteiger partial charge in [-0.25, -0.2) is 0 Å². The molecule has 4 rings (SSSR count). The van der Waals surface area contributed by atoms with Crippen LogP contribution in [-0.4, -0.2) is 35.5 Å². The first-order valence-corrected chi connectivity index (χ1v) is 8.11. The number of nitrogens with zero attached hydrogens (tertiary/aromatic N) is 1. The van der Waals surface area contributed by atoms with Gasteiger partial charge in [0, 0.05) is 18.8 Å². The zero-order valence-corrected chi connectivity index (χ0v) is 13.2. The zero-order valence-electron chi connectivity index (χ0n) is 13.2. The number of carbonyl (C=O) groups excluding carboxylic acids is 1. The van der Waals surface area contributed by atoms with Gasteiger partial charge in [-0.3, -0.25) is 9.59 Å². The lowest BCUT2D eigenvalue weighted by atomic mass is 10.0. The number of pyridine rings is 1. The van der Waals surface area contributed by atoms with Gasteiger partial charge in [0.15, 0.2) is 11.5 Å². The number of likely N-dealkylation sites (tertiary alicyclic amines) is 1. The highest BCUT2D eigenvalue weighted by Gasteiger charge is 2.31. The number of ether oxygens (including phenoxy) is 2. The maximum absolute atomic E-state index is 12.8. The number of amides is 1. The molecule has 0 unspecified atom stereocenters. The molecule has 6 nitrogen and oxygen atoms in total. The van der Waals surface area contributed by atoms with Crippen molar-refractivity contribution in [3.8, 4) is 11.5 Å². The van der Waals surface area contributed by atoms with Crippen LogP contribution in [0.1, 0.15) is 34.8 Å². The summed E-state index contributed by atoms with van der Waals surface area (Å²) in [4.78, 5) is 28.4. The minimum absolute atomic E-state index is 0.0141. The van der Waals surface area contributed by atoms with Crippen molar-refractivity contribution in [1.29, 1.82) is 0 Å². The molecule has 1 amide bonds. The van der Waals surface area contributed by atoms with Gasteiger partial charge in [0.05, 0.1) is 11.6 Å². The smallest absolute Gasteiger partial charge is 0.255 e. The van der Waals surface area contributed by atoms with E-state index in [1.165, 1.54) is 12.3 Å². The van der Waals surface area contributed by atoms with E-state index in [0.29, 0.717) is 25.3 Å². The third-order valence-corrected chi connectivity index (χ3v) is 4.50. The van der Waals surface area contributed by atoms with Crippen molar-refractivity contribution in [2.24, 2.45) is 0 Å². The number of hydrogen-bond acceptors (Lipinski definition) is 4. The molecule has 2 aliphatic rings. The molecule has 24 heavy (non-hydrogen) atoms. The van der Waals surface area contributed by atoms with Crippen molar-refractivity contribution >= 4 is 5.91 Å². The quantitative estimate of drug-likeness (QED) is 0.917. The van der Waals surface area contributed by atoms with Gasteiger partial charge in [0.1, 0.15) is 13.2 Å². The highest BCUT2D eigenvalue weighted by molar-refractivity contribution is 5.94. The first-order valence-electron chi connectivity index (χ1n) is 8.11. The SMILES string of the molecule is O=C(c1ccc(=O)[nH]c1)N1CCC[C@@H]1c1ccc2c(c1)OCCO2. The molecule has 1 fully saturated rings. The molecule has 0 bridgehead atoms. The van der Waals surface area contributed by atoms with Crippen LogP contribution in [0.4, 0.5) is 0 Å². The molecule has 124 valence electrons. The van der Waals surface area contributed by atoms with E-state index in [-0.39, 0.29) is 17.5 Å². The number of aromatic nitrogens is 1. The number of carbonyl (C=O) groups is 1. The Morgan fingerprint density at radius 2 is 1.96 bits per heavy atom. The Balaban J connectivity index is 1.61. The number of nitrogens with one attached hydrogen (secondary N) is 1. The van der Waals surface area contributed by atoms with Crippen LogP contribution in [-0.2, 0) is 0 Å². The largest absolute Gasteiger partial charge is 0.486 e. The van der Waals surface area contributed by atoms with E-state index in [4.69, 9.17) is 9.47 Å². The molecule has 1 aromatic heterocycles. The number of hydrogen-bond donors (Lipinski definition) is 1. The average molecular weight is 326 g/mol.